The summed E-state index contributed by atoms with van der Waals surface area (Å²) in [5.41, 5.74) is 3.01. The number of rotatable bonds is 7. The summed E-state index contributed by atoms with van der Waals surface area (Å²) in [7, 11) is 1.95. The molecule has 0 unspecified atom stereocenters. The summed E-state index contributed by atoms with van der Waals surface area (Å²) in [6.07, 6.45) is 3.85. The number of likely N-dealkylation sites (N-methyl/N-ethyl adjacent to an activating group) is 2. The molecular formula is C22H23N5OS. The Kier molecular flexibility index (Phi) is 5.69. The number of thiazole rings is 1. The molecule has 0 aliphatic rings. The Morgan fingerprint density at radius 3 is 2.62 bits per heavy atom. The lowest BCUT2D eigenvalue weighted by atomic mass is 10.3. The molecule has 0 bridgehead atoms. The van der Waals surface area contributed by atoms with Crippen LogP contribution in [0.5, 0.6) is 0 Å². The molecule has 7 heteroatoms. The molecule has 4 aromatic rings. The normalized spacial score (nSPS) is 11.3. The van der Waals surface area contributed by atoms with E-state index >= 15 is 0 Å². The molecule has 2 aromatic heterocycles. The molecule has 1 amide bonds. The van der Waals surface area contributed by atoms with Gasteiger partial charge in [-0.2, -0.15) is 5.10 Å². The van der Waals surface area contributed by atoms with E-state index in [9.17, 15) is 4.79 Å². The number of nitrogens with zero attached hydrogens (tertiary/aromatic N) is 5. The van der Waals surface area contributed by atoms with Crippen LogP contribution in [0.25, 0.3) is 15.9 Å². The van der Waals surface area contributed by atoms with E-state index in [2.05, 4.69) is 10.1 Å². The first-order chi connectivity index (χ1) is 14.1. The zero-order valence-electron chi connectivity index (χ0n) is 16.5. The molecule has 0 spiro atoms. The van der Waals surface area contributed by atoms with Crippen molar-refractivity contribution in [1.82, 2.24) is 19.7 Å². The third kappa shape index (κ3) is 4.36. The fraction of sp³-hybridized carbons (Fsp3) is 0.227. The quantitative estimate of drug-likeness (QED) is 0.467. The molecule has 0 radical (unpaired) electrons. The highest BCUT2D eigenvalue weighted by Gasteiger charge is 2.19. The van der Waals surface area contributed by atoms with E-state index in [1.54, 1.807) is 16.2 Å². The Balaban J connectivity index is 1.41. The van der Waals surface area contributed by atoms with Gasteiger partial charge in [0, 0.05) is 24.8 Å². The van der Waals surface area contributed by atoms with E-state index < -0.39 is 0 Å². The van der Waals surface area contributed by atoms with Crippen LogP contribution < -0.4 is 4.90 Å². The van der Waals surface area contributed by atoms with Gasteiger partial charge in [-0.1, -0.05) is 41.7 Å². The van der Waals surface area contributed by atoms with Crippen molar-refractivity contribution < 1.29 is 4.79 Å². The average molecular weight is 406 g/mol. The minimum atomic E-state index is 0.0458. The van der Waals surface area contributed by atoms with E-state index in [1.807, 2.05) is 90.5 Å². The second-order valence-electron chi connectivity index (χ2n) is 6.90. The fourth-order valence-electron chi connectivity index (χ4n) is 3.24. The molecule has 0 fully saturated rings. The maximum Gasteiger partial charge on any atom is 0.242 e. The van der Waals surface area contributed by atoms with Crippen LogP contribution in [0.15, 0.2) is 67.0 Å². The zero-order valence-corrected chi connectivity index (χ0v) is 17.3. The molecular weight excluding hydrogens is 382 g/mol. The summed E-state index contributed by atoms with van der Waals surface area (Å²) in [5.74, 6) is 0.0458. The second-order valence-corrected chi connectivity index (χ2v) is 7.91. The van der Waals surface area contributed by atoms with Gasteiger partial charge in [0.15, 0.2) is 5.13 Å². The monoisotopic (exact) mass is 405 g/mol. The van der Waals surface area contributed by atoms with Crippen LogP contribution in [0.1, 0.15) is 12.5 Å². The molecule has 2 heterocycles. The standard InChI is InChI=1S/C22H23N5OS/c1-3-26(22-24-19-11-7-8-12-20(19)29-22)21(28)16-25(2)14-17-13-23-27(15-17)18-9-5-4-6-10-18/h4-13,15H,3,14,16H2,1-2H3. The summed E-state index contributed by atoms with van der Waals surface area (Å²) in [6.45, 7) is 3.54. The van der Waals surface area contributed by atoms with Gasteiger partial charge in [-0.3, -0.25) is 14.6 Å². The van der Waals surface area contributed by atoms with Crippen molar-refractivity contribution in [3.63, 3.8) is 0 Å². The van der Waals surface area contributed by atoms with Gasteiger partial charge in [-0.05, 0) is 38.2 Å². The highest BCUT2D eigenvalue weighted by Crippen LogP contribution is 2.28. The number of hydrogen-bond acceptors (Lipinski definition) is 5. The molecule has 2 aromatic carbocycles. The third-order valence-electron chi connectivity index (χ3n) is 4.65. The van der Waals surface area contributed by atoms with Gasteiger partial charge in [0.25, 0.3) is 0 Å². The van der Waals surface area contributed by atoms with Crippen molar-refractivity contribution >= 4 is 32.6 Å². The Hall–Kier alpha value is -3.03. The van der Waals surface area contributed by atoms with Crippen LogP contribution in [0.3, 0.4) is 0 Å². The smallest absolute Gasteiger partial charge is 0.242 e. The zero-order chi connectivity index (χ0) is 20.2. The van der Waals surface area contributed by atoms with Gasteiger partial charge in [0.05, 0.1) is 28.6 Å². The number of amides is 1. The minimum absolute atomic E-state index is 0.0458. The summed E-state index contributed by atoms with van der Waals surface area (Å²) in [4.78, 5) is 21.3. The maximum atomic E-state index is 12.9. The SMILES string of the molecule is CCN(C(=O)CN(C)Cc1cnn(-c2ccccc2)c1)c1nc2ccccc2s1. The predicted molar refractivity (Wildman–Crippen MR) is 118 cm³/mol. The molecule has 0 N–H and O–H groups in total. The van der Waals surface area contributed by atoms with Gasteiger partial charge in [-0.15, -0.1) is 0 Å². The van der Waals surface area contributed by atoms with E-state index in [1.165, 1.54) is 0 Å². The summed E-state index contributed by atoms with van der Waals surface area (Å²) >= 11 is 1.55. The lowest BCUT2D eigenvalue weighted by Crippen LogP contribution is -2.38. The van der Waals surface area contributed by atoms with Gasteiger partial charge >= 0.3 is 0 Å². The number of carbonyl (C=O) groups excluding carboxylic acids is 1. The number of anilines is 1. The van der Waals surface area contributed by atoms with Crippen LogP contribution in [-0.2, 0) is 11.3 Å². The number of fused-ring (bicyclic) bond motifs is 1. The van der Waals surface area contributed by atoms with E-state index in [4.69, 9.17) is 0 Å². The van der Waals surface area contributed by atoms with E-state index in [0.717, 1.165) is 26.6 Å². The molecule has 4 rings (SSSR count). The molecule has 0 atom stereocenters. The molecule has 148 valence electrons. The van der Waals surface area contributed by atoms with Crippen molar-refractivity contribution in [2.45, 2.75) is 13.5 Å². The second kappa shape index (κ2) is 8.55. The molecule has 0 aliphatic carbocycles. The number of benzene rings is 2. The van der Waals surface area contributed by atoms with Gasteiger partial charge in [0.2, 0.25) is 5.91 Å². The predicted octanol–water partition coefficient (Wildman–Crippen LogP) is 3.97. The van der Waals surface area contributed by atoms with Crippen LogP contribution in [0, 0.1) is 0 Å². The third-order valence-corrected chi connectivity index (χ3v) is 5.70. The number of aromatic nitrogens is 3. The minimum Gasteiger partial charge on any atom is -0.293 e. The summed E-state index contributed by atoms with van der Waals surface area (Å²) in [5, 5.41) is 5.18. The van der Waals surface area contributed by atoms with Crippen LogP contribution in [-0.4, -0.2) is 45.7 Å². The summed E-state index contributed by atoms with van der Waals surface area (Å²) in [6, 6.07) is 18.0. The first kappa shape index (κ1) is 19.3. The van der Waals surface area contributed by atoms with Crippen molar-refractivity contribution in [1.29, 1.82) is 0 Å². The number of para-hydroxylation sites is 2. The van der Waals surface area contributed by atoms with E-state index in [0.29, 0.717) is 19.6 Å². The number of hydrogen-bond donors (Lipinski definition) is 0. The van der Waals surface area contributed by atoms with Crippen molar-refractivity contribution in [3.8, 4) is 5.69 Å². The van der Waals surface area contributed by atoms with Crippen LogP contribution >= 0.6 is 11.3 Å². The van der Waals surface area contributed by atoms with Crippen LogP contribution in [0.4, 0.5) is 5.13 Å². The van der Waals surface area contributed by atoms with Gasteiger partial charge in [0.1, 0.15) is 0 Å². The maximum absolute atomic E-state index is 12.9. The Bertz CT molecular complexity index is 1070. The molecule has 29 heavy (non-hydrogen) atoms. The van der Waals surface area contributed by atoms with Gasteiger partial charge < -0.3 is 0 Å². The van der Waals surface area contributed by atoms with Crippen LogP contribution in [0.2, 0.25) is 0 Å². The Labute approximate surface area is 174 Å². The van der Waals surface area contributed by atoms with Crippen molar-refractivity contribution in [2.24, 2.45) is 0 Å². The van der Waals surface area contributed by atoms with Crippen molar-refractivity contribution in [2.75, 3.05) is 25.0 Å². The van der Waals surface area contributed by atoms with E-state index in [-0.39, 0.29) is 5.91 Å². The molecule has 0 saturated carbocycles. The highest BCUT2D eigenvalue weighted by molar-refractivity contribution is 7.22. The lowest BCUT2D eigenvalue weighted by Gasteiger charge is -2.21. The number of carbonyl (C=O) groups is 1. The first-order valence-corrected chi connectivity index (χ1v) is 10.4. The first-order valence-electron chi connectivity index (χ1n) is 9.57. The lowest BCUT2D eigenvalue weighted by molar-refractivity contribution is -0.119. The molecule has 0 aliphatic heterocycles. The average Bonchev–Trinajstić information content (AvgIpc) is 3.36. The Morgan fingerprint density at radius 2 is 1.86 bits per heavy atom. The fourth-order valence-corrected chi connectivity index (χ4v) is 4.29. The molecule has 0 saturated heterocycles. The van der Waals surface area contributed by atoms with Crippen molar-refractivity contribution in [3.05, 3.63) is 72.6 Å². The van der Waals surface area contributed by atoms with Gasteiger partial charge in [-0.25, -0.2) is 9.67 Å². The topological polar surface area (TPSA) is 54.3 Å². The molecule has 6 nitrogen and oxygen atoms in total. The highest BCUT2D eigenvalue weighted by atomic mass is 32.1. The Morgan fingerprint density at radius 1 is 1.10 bits per heavy atom. The summed E-state index contributed by atoms with van der Waals surface area (Å²) < 4.78 is 2.94. The largest absolute Gasteiger partial charge is 0.293 e.